The smallest absolute Gasteiger partial charge is 0.306 e. The molecule has 2 fully saturated rings. The molecular weight excluding hydrogens is 853 g/mol. The molecule has 0 unspecified atom stereocenters. The highest BCUT2D eigenvalue weighted by atomic mass is 16.7. The Hall–Kier alpha value is -2.28. The number of esters is 2. The molecule has 0 aromatic rings. The molecule has 0 radical (unpaired) electrons. The van der Waals surface area contributed by atoms with Gasteiger partial charge in [-0.1, -0.05) is 159 Å². The molecule has 0 aromatic heterocycles. The summed E-state index contributed by atoms with van der Waals surface area (Å²) in [6.07, 6.45) is 23.1. The number of carbonyl (C=O) groups is 2. The molecule has 15 heteroatoms. The largest absolute Gasteiger partial charge is 0.462 e. The fraction of sp³-hybridized carbons (Fsp3) is 0.843. The summed E-state index contributed by atoms with van der Waals surface area (Å²) < 4.78 is 33.6. The highest BCUT2D eigenvalue weighted by molar-refractivity contribution is 5.70. The molecule has 0 bridgehead atoms. The first-order valence-corrected chi connectivity index (χ1v) is 25.6. The van der Waals surface area contributed by atoms with Crippen molar-refractivity contribution in [3.05, 3.63) is 36.5 Å². The second kappa shape index (κ2) is 38.6. The first-order chi connectivity index (χ1) is 32.0. The van der Waals surface area contributed by atoms with Gasteiger partial charge in [0.05, 0.1) is 19.8 Å². The van der Waals surface area contributed by atoms with Crippen molar-refractivity contribution in [1.29, 1.82) is 0 Å². The quantitative estimate of drug-likeness (QED) is 0.0188. The van der Waals surface area contributed by atoms with Gasteiger partial charge in [0.2, 0.25) is 0 Å². The summed E-state index contributed by atoms with van der Waals surface area (Å²) in [6, 6.07) is 0. The van der Waals surface area contributed by atoms with Crippen LogP contribution in [0.1, 0.15) is 181 Å². The zero-order valence-corrected chi connectivity index (χ0v) is 40.4. The lowest BCUT2D eigenvalue weighted by molar-refractivity contribution is -0.332. The fourth-order valence-electron chi connectivity index (χ4n) is 7.94. The van der Waals surface area contributed by atoms with Gasteiger partial charge in [0.25, 0.3) is 0 Å². The maximum absolute atomic E-state index is 13.0. The van der Waals surface area contributed by atoms with Gasteiger partial charge in [0, 0.05) is 12.8 Å². The lowest BCUT2D eigenvalue weighted by atomic mass is 9.98. The van der Waals surface area contributed by atoms with Crippen LogP contribution in [0, 0.1) is 0 Å². The molecule has 2 rings (SSSR count). The predicted octanol–water partition coefficient (Wildman–Crippen LogP) is 6.93. The number of aliphatic hydroxyl groups excluding tert-OH is 7. The van der Waals surface area contributed by atoms with E-state index in [0.29, 0.717) is 12.8 Å². The molecule has 0 spiro atoms. The van der Waals surface area contributed by atoms with Gasteiger partial charge >= 0.3 is 11.9 Å². The van der Waals surface area contributed by atoms with E-state index in [4.69, 9.17) is 28.4 Å². The van der Waals surface area contributed by atoms with Crippen molar-refractivity contribution in [3.8, 4) is 0 Å². The Kier molecular flexibility index (Phi) is 35.0. The van der Waals surface area contributed by atoms with Crippen molar-refractivity contribution in [2.75, 3.05) is 26.4 Å². The van der Waals surface area contributed by atoms with Crippen molar-refractivity contribution in [2.45, 2.75) is 248 Å². The minimum absolute atomic E-state index is 0.164. The predicted molar refractivity (Wildman–Crippen MR) is 252 cm³/mol. The Morgan fingerprint density at radius 1 is 0.500 bits per heavy atom. The number of rotatable bonds is 39. The topological polar surface area (TPSA) is 231 Å². The minimum atomic E-state index is -1.77. The van der Waals surface area contributed by atoms with E-state index in [2.05, 4.69) is 50.3 Å². The van der Waals surface area contributed by atoms with Gasteiger partial charge in [0.15, 0.2) is 18.7 Å². The Balaban J connectivity index is 1.82. The molecule has 384 valence electrons. The summed E-state index contributed by atoms with van der Waals surface area (Å²) in [5.41, 5.74) is 0. The number of hydrogen-bond acceptors (Lipinski definition) is 15. The summed E-state index contributed by atoms with van der Waals surface area (Å²) in [5.74, 6) is -0.940. The summed E-state index contributed by atoms with van der Waals surface area (Å²) in [6.45, 7) is 2.47. The molecule has 7 N–H and O–H groups in total. The van der Waals surface area contributed by atoms with Crippen LogP contribution in [-0.2, 0) is 38.0 Å². The monoisotopic (exact) mass is 943 g/mol. The van der Waals surface area contributed by atoms with Gasteiger partial charge in [0.1, 0.15) is 55.4 Å². The average molecular weight is 943 g/mol. The van der Waals surface area contributed by atoms with Crippen molar-refractivity contribution < 1.29 is 73.8 Å². The molecule has 2 aliphatic heterocycles. The van der Waals surface area contributed by atoms with E-state index < -0.39 is 92.7 Å². The number of carbonyl (C=O) groups excluding carboxylic acids is 2. The first-order valence-electron chi connectivity index (χ1n) is 25.6. The minimum Gasteiger partial charge on any atom is -0.462 e. The van der Waals surface area contributed by atoms with Crippen molar-refractivity contribution in [3.63, 3.8) is 0 Å². The van der Waals surface area contributed by atoms with Crippen LogP contribution in [0.15, 0.2) is 36.5 Å². The molecule has 15 nitrogen and oxygen atoms in total. The highest BCUT2D eigenvalue weighted by Crippen LogP contribution is 2.26. The van der Waals surface area contributed by atoms with Gasteiger partial charge in [-0.25, -0.2) is 0 Å². The van der Waals surface area contributed by atoms with Crippen LogP contribution in [0.3, 0.4) is 0 Å². The van der Waals surface area contributed by atoms with Gasteiger partial charge in [-0.3, -0.25) is 9.59 Å². The fourth-order valence-corrected chi connectivity index (χ4v) is 7.94. The van der Waals surface area contributed by atoms with Crippen molar-refractivity contribution in [2.24, 2.45) is 0 Å². The molecule has 2 saturated heterocycles. The van der Waals surface area contributed by atoms with Crippen molar-refractivity contribution in [1.82, 2.24) is 0 Å². The first kappa shape index (κ1) is 59.8. The van der Waals surface area contributed by atoms with E-state index in [-0.39, 0.29) is 26.1 Å². The lowest BCUT2D eigenvalue weighted by Gasteiger charge is -2.42. The molecule has 2 aliphatic rings. The number of allylic oxidation sites excluding steroid dienone is 6. The second-order valence-corrected chi connectivity index (χ2v) is 18.0. The Labute approximate surface area is 395 Å². The van der Waals surface area contributed by atoms with Gasteiger partial charge < -0.3 is 64.2 Å². The molecule has 66 heavy (non-hydrogen) atoms. The Bertz CT molecular complexity index is 1290. The summed E-state index contributed by atoms with van der Waals surface area (Å²) in [4.78, 5) is 25.7. The molecule has 0 amide bonds. The molecule has 0 saturated carbocycles. The van der Waals surface area contributed by atoms with E-state index in [1.54, 1.807) is 0 Å². The number of ether oxygens (including phenoxy) is 6. The Morgan fingerprint density at radius 3 is 1.50 bits per heavy atom. The SMILES string of the molecule is CC/C=C\C/C=C\C/C=C\CCCCCCCC(=O)OC[C@H](CO[C@@H]1O[C@H](CO[C@H]2O[C@H](CO)[C@H](O)[C@H](O)[C@H]2O)[C@H](O)[C@H](O)[C@H]1O)OC(=O)CCCCCCCCCCCCCCCCC. The third-order valence-corrected chi connectivity index (χ3v) is 12.1. The summed E-state index contributed by atoms with van der Waals surface area (Å²) in [5, 5.41) is 72.0. The van der Waals surface area contributed by atoms with Gasteiger partial charge in [-0.2, -0.15) is 0 Å². The van der Waals surface area contributed by atoms with Gasteiger partial charge in [-0.15, -0.1) is 0 Å². The molecular formula is C51H90O15. The van der Waals surface area contributed by atoms with E-state index in [1.807, 2.05) is 0 Å². The van der Waals surface area contributed by atoms with Gasteiger partial charge in [-0.05, 0) is 44.9 Å². The maximum atomic E-state index is 13.0. The van der Waals surface area contributed by atoms with Crippen LogP contribution in [0.2, 0.25) is 0 Å². The van der Waals surface area contributed by atoms with E-state index in [9.17, 15) is 45.3 Å². The van der Waals surface area contributed by atoms with Crippen molar-refractivity contribution >= 4 is 11.9 Å². The number of hydrogen-bond donors (Lipinski definition) is 7. The highest BCUT2D eigenvalue weighted by Gasteiger charge is 2.47. The van der Waals surface area contributed by atoms with E-state index in [1.165, 1.54) is 70.6 Å². The van der Waals surface area contributed by atoms with E-state index >= 15 is 0 Å². The van der Waals surface area contributed by atoms with Crippen LogP contribution < -0.4 is 0 Å². The second-order valence-electron chi connectivity index (χ2n) is 18.0. The molecule has 2 heterocycles. The third-order valence-electron chi connectivity index (χ3n) is 12.1. The van der Waals surface area contributed by atoms with Crippen LogP contribution in [0.25, 0.3) is 0 Å². The Morgan fingerprint density at radius 2 is 0.955 bits per heavy atom. The summed E-state index contributed by atoms with van der Waals surface area (Å²) in [7, 11) is 0. The zero-order valence-electron chi connectivity index (χ0n) is 40.4. The normalized spacial score (nSPS) is 26.4. The standard InChI is InChI=1S/C51H90O15/c1-3-5-7-9-11-13-15-17-19-21-23-25-27-29-31-33-42(53)61-36-39(64-43(54)34-32-30-28-26-24-22-20-18-16-14-12-10-8-6-4-2)37-62-50-49(60)47(58)45(56)41(66-50)38-63-51-48(59)46(57)44(55)40(35-52)65-51/h5,7,11,13,17,19,39-41,44-52,55-60H,3-4,6,8-10,12,14-16,18,20-38H2,1-2H3/b7-5-,13-11-,19-17-/t39-,40-,41-,44+,45+,46+,47+,48-,49-,50-,51+/m1/s1. The third kappa shape index (κ3) is 26.5. The maximum Gasteiger partial charge on any atom is 0.306 e. The average Bonchev–Trinajstić information content (AvgIpc) is 3.31. The number of unbranched alkanes of at least 4 members (excludes halogenated alkanes) is 19. The number of aliphatic hydroxyl groups is 7. The van der Waals surface area contributed by atoms with Crippen LogP contribution >= 0.6 is 0 Å². The lowest BCUT2D eigenvalue weighted by Crippen LogP contribution is -2.61. The summed E-state index contributed by atoms with van der Waals surface area (Å²) >= 11 is 0. The van der Waals surface area contributed by atoms with E-state index in [0.717, 1.165) is 70.6 Å². The zero-order chi connectivity index (χ0) is 48.2. The molecule has 0 aromatic carbocycles. The van der Waals surface area contributed by atoms with Crippen LogP contribution in [0.4, 0.5) is 0 Å². The molecule has 0 aliphatic carbocycles. The van der Waals surface area contributed by atoms with Crippen LogP contribution in [0.5, 0.6) is 0 Å². The van der Waals surface area contributed by atoms with Crippen LogP contribution in [-0.4, -0.2) is 142 Å². The molecule has 11 atom stereocenters.